The molecule has 0 nitrogen and oxygen atoms in total. The van der Waals surface area contributed by atoms with Crippen LogP contribution in [0.4, 0.5) is 0 Å². The molecule has 0 atom stereocenters. The summed E-state index contributed by atoms with van der Waals surface area (Å²) in [6.45, 7) is 12.0. The van der Waals surface area contributed by atoms with Gasteiger partial charge in [0.1, 0.15) is 0 Å². The van der Waals surface area contributed by atoms with Crippen LogP contribution in [0.1, 0.15) is 33.8 Å². The molecule has 0 aliphatic heterocycles. The standard InChI is InChI=1S/C12H14.C2H6.CH4/c1-4-5-6-12-9-10(2)7-8-11(12)3;1-2;/h4-9H,3H2,1-2H3;1-2H3;1H4/b5-4-,12-6-;;. The highest BCUT2D eigenvalue weighted by Gasteiger charge is 1.82. The van der Waals surface area contributed by atoms with Gasteiger partial charge in [0.25, 0.3) is 0 Å². The van der Waals surface area contributed by atoms with Gasteiger partial charge in [0.05, 0.1) is 0 Å². The first kappa shape index (κ1) is 16.1. The molecule has 0 bridgehead atoms. The van der Waals surface area contributed by atoms with E-state index in [-0.39, 0.29) is 7.43 Å². The first-order chi connectivity index (χ1) is 6.74. The molecule has 84 valence electrons. The van der Waals surface area contributed by atoms with E-state index in [1.165, 1.54) is 10.8 Å². The van der Waals surface area contributed by atoms with Gasteiger partial charge in [-0.15, -0.1) is 0 Å². The monoisotopic (exact) mass is 204 g/mol. The van der Waals surface area contributed by atoms with E-state index in [4.69, 9.17) is 0 Å². The highest BCUT2D eigenvalue weighted by Crippen LogP contribution is 1.85. The second kappa shape index (κ2) is 9.26. The minimum atomic E-state index is 0. The summed E-state index contributed by atoms with van der Waals surface area (Å²) in [5, 5.41) is 2.28. The lowest BCUT2D eigenvalue weighted by atomic mass is 10.2. The maximum Gasteiger partial charge on any atom is -0.0187 e. The molecule has 0 radical (unpaired) electrons. The zero-order valence-electron chi connectivity index (χ0n) is 9.67. The summed E-state index contributed by atoms with van der Waals surface area (Å²) in [4.78, 5) is 0. The van der Waals surface area contributed by atoms with Gasteiger partial charge in [-0.25, -0.2) is 0 Å². The molecule has 0 heterocycles. The van der Waals surface area contributed by atoms with Gasteiger partial charge in [0.2, 0.25) is 0 Å². The molecule has 1 aromatic rings. The van der Waals surface area contributed by atoms with Crippen LogP contribution in [-0.4, -0.2) is 0 Å². The van der Waals surface area contributed by atoms with Crippen molar-refractivity contribution in [2.75, 3.05) is 0 Å². The number of rotatable bonds is 1. The van der Waals surface area contributed by atoms with E-state index in [0.29, 0.717) is 0 Å². The van der Waals surface area contributed by atoms with Crippen LogP contribution in [0.2, 0.25) is 0 Å². The predicted molar refractivity (Wildman–Crippen MR) is 73.3 cm³/mol. The summed E-state index contributed by atoms with van der Waals surface area (Å²) in [7, 11) is 0. The minimum absolute atomic E-state index is 0. The first-order valence-corrected chi connectivity index (χ1v) is 5.12. The van der Waals surface area contributed by atoms with Gasteiger partial charge < -0.3 is 0 Å². The fourth-order valence-electron chi connectivity index (χ4n) is 1.07. The molecule has 0 aliphatic rings. The van der Waals surface area contributed by atoms with Crippen LogP contribution in [0.25, 0.3) is 12.7 Å². The largest absolute Gasteiger partial charge is 0.0912 e. The summed E-state index contributed by atoms with van der Waals surface area (Å²) >= 11 is 0. The van der Waals surface area contributed by atoms with Crippen molar-refractivity contribution in [1.29, 1.82) is 0 Å². The van der Waals surface area contributed by atoms with Crippen molar-refractivity contribution in [1.82, 2.24) is 0 Å². The highest BCUT2D eigenvalue weighted by atomic mass is 13.9. The number of aryl methyl sites for hydroxylation is 1. The molecule has 0 amide bonds. The van der Waals surface area contributed by atoms with Crippen LogP contribution in [0, 0.1) is 6.92 Å². The molecule has 1 aromatic carbocycles. The summed E-state index contributed by atoms with van der Waals surface area (Å²) in [5.41, 5.74) is 1.28. The molecular formula is C15H24. The molecule has 0 aromatic heterocycles. The van der Waals surface area contributed by atoms with Crippen molar-refractivity contribution in [2.45, 2.75) is 35.1 Å². The Morgan fingerprint density at radius 3 is 2.33 bits per heavy atom. The predicted octanol–water partition coefficient (Wildman–Crippen LogP) is 3.42. The van der Waals surface area contributed by atoms with Gasteiger partial charge in [-0.2, -0.15) is 0 Å². The average molecular weight is 204 g/mol. The number of benzene rings is 1. The van der Waals surface area contributed by atoms with Gasteiger partial charge in [-0.1, -0.05) is 69.8 Å². The molecule has 1 rings (SSSR count). The third-order valence-electron chi connectivity index (χ3n) is 1.77. The Balaban J connectivity index is 0. The van der Waals surface area contributed by atoms with Crippen LogP contribution in [0.5, 0.6) is 0 Å². The molecule has 15 heavy (non-hydrogen) atoms. The van der Waals surface area contributed by atoms with Crippen molar-refractivity contribution in [3.05, 3.63) is 46.4 Å². The maximum absolute atomic E-state index is 3.95. The smallest absolute Gasteiger partial charge is 0.0187 e. The normalized spacial score (nSPS) is 10.5. The van der Waals surface area contributed by atoms with Crippen LogP contribution < -0.4 is 10.4 Å². The summed E-state index contributed by atoms with van der Waals surface area (Å²) in [6, 6.07) is 6.27. The maximum atomic E-state index is 3.95. The van der Waals surface area contributed by atoms with Gasteiger partial charge in [-0.3, -0.25) is 0 Å². The quantitative estimate of drug-likeness (QED) is 0.657. The van der Waals surface area contributed by atoms with E-state index < -0.39 is 0 Å². The Morgan fingerprint density at radius 2 is 1.80 bits per heavy atom. The Kier molecular flexibility index (Phi) is 9.97. The zero-order valence-corrected chi connectivity index (χ0v) is 9.67. The number of hydrogen-bond donors (Lipinski definition) is 0. The van der Waals surface area contributed by atoms with Crippen molar-refractivity contribution in [2.24, 2.45) is 0 Å². The lowest BCUT2D eigenvalue weighted by molar-refractivity contribution is 1.41. The van der Waals surface area contributed by atoms with E-state index in [1.807, 2.05) is 39.0 Å². The van der Waals surface area contributed by atoms with Crippen LogP contribution >= 0.6 is 0 Å². The fraction of sp³-hybridized carbons (Fsp3) is 0.333. The van der Waals surface area contributed by atoms with Gasteiger partial charge >= 0.3 is 0 Å². The van der Waals surface area contributed by atoms with E-state index >= 15 is 0 Å². The van der Waals surface area contributed by atoms with Crippen LogP contribution in [0.15, 0.2) is 30.4 Å². The minimum Gasteiger partial charge on any atom is -0.0912 e. The first-order valence-electron chi connectivity index (χ1n) is 5.12. The Bertz CT molecular complexity index is 383. The Labute approximate surface area is 94.7 Å². The fourth-order valence-corrected chi connectivity index (χ4v) is 1.07. The SMILES string of the molecule is C.C=c1ccc(C)c/c1=C/C=C\C.CC. The third kappa shape index (κ3) is 5.90. The van der Waals surface area contributed by atoms with E-state index in [2.05, 4.69) is 31.7 Å². The molecule has 0 N–H and O–H groups in total. The molecule has 0 heteroatoms. The number of hydrogen-bond acceptors (Lipinski definition) is 0. The van der Waals surface area contributed by atoms with E-state index in [1.54, 1.807) is 0 Å². The summed E-state index contributed by atoms with van der Waals surface area (Å²) in [6.07, 6.45) is 6.13. The third-order valence-corrected chi connectivity index (χ3v) is 1.77. The average Bonchev–Trinajstić information content (AvgIpc) is 2.22. The summed E-state index contributed by atoms with van der Waals surface area (Å²) < 4.78 is 0. The molecular weight excluding hydrogens is 180 g/mol. The van der Waals surface area contributed by atoms with Crippen molar-refractivity contribution in [3.8, 4) is 0 Å². The topological polar surface area (TPSA) is 0 Å². The number of allylic oxidation sites excluding steroid dienone is 2. The molecule has 0 unspecified atom stereocenters. The molecule has 0 saturated heterocycles. The molecule has 0 aliphatic carbocycles. The lowest BCUT2D eigenvalue weighted by Gasteiger charge is -1.90. The lowest BCUT2D eigenvalue weighted by Crippen LogP contribution is -2.22. The second-order valence-corrected chi connectivity index (χ2v) is 2.89. The van der Waals surface area contributed by atoms with Crippen molar-refractivity contribution >= 4 is 12.7 Å². The molecule has 0 spiro atoms. The second-order valence-electron chi connectivity index (χ2n) is 2.89. The van der Waals surface area contributed by atoms with Gasteiger partial charge in [-0.05, 0) is 24.3 Å². The van der Waals surface area contributed by atoms with Crippen LogP contribution in [0.3, 0.4) is 0 Å². The van der Waals surface area contributed by atoms with Crippen molar-refractivity contribution in [3.63, 3.8) is 0 Å². The molecule has 0 saturated carbocycles. The van der Waals surface area contributed by atoms with E-state index in [0.717, 1.165) is 5.22 Å². The zero-order chi connectivity index (χ0) is 11.0. The Hall–Kier alpha value is -1.30. The van der Waals surface area contributed by atoms with E-state index in [9.17, 15) is 0 Å². The van der Waals surface area contributed by atoms with Crippen molar-refractivity contribution < 1.29 is 0 Å². The van der Waals surface area contributed by atoms with Gasteiger partial charge in [0.15, 0.2) is 0 Å². The van der Waals surface area contributed by atoms with Gasteiger partial charge in [0, 0.05) is 0 Å². The summed E-state index contributed by atoms with van der Waals surface area (Å²) in [5.74, 6) is 0. The van der Waals surface area contributed by atoms with Crippen LogP contribution in [-0.2, 0) is 0 Å². The Morgan fingerprint density at radius 1 is 1.20 bits per heavy atom. The molecule has 0 fully saturated rings. The highest BCUT2D eigenvalue weighted by molar-refractivity contribution is 5.38.